The van der Waals surface area contributed by atoms with Crippen molar-refractivity contribution >= 4 is 33.3 Å². The Bertz CT molecular complexity index is 963. The number of imidazole rings is 1. The van der Waals surface area contributed by atoms with Crippen LogP contribution in [0, 0.1) is 12.8 Å². The SMILES string of the molecule is CC[C@@H](C)Cc1c(C)sc2nc(SCc3nccn3C(F)F)[nH]c(=O)c12. The maximum Gasteiger partial charge on any atom is 0.319 e. The van der Waals surface area contributed by atoms with Gasteiger partial charge in [-0.2, -0.15) is 8.78 Å². The summed E-state index contributed by atoms with van der Waals surface area (Å²) in [4.78, 5) is 25.7. The Labute approximate surface area is 157 Å². The van der Waals surface area contributed by atoms with E-state index in [0.717, 1.165) is 27.8 Å². The summed E-state index contributed by atoms with van der Waals surface area (Å²) >= 11 is 2.70. The summed E-state index contributed by atoms with van der Waals surface area (Å²) < 4.78 is 26.6. The van der Waals surface area contributed by atoms with Crippen molar-refractivity contribution in [1.29, 1.82) is 0 Å². The minimum absolute atomic E-state index is 0.169. The Balaban J connectivity index is 1.87. The zero-order chi connectivity index (χ0) is 18.8. The summed E-state index contributed by atoms with van der Waals surface area (Å²) in [6.45, 7) is 3.68. The third kappa shape index (κ3) is 3.83. The summed E-state index contributed by atoms with van der Waals surface area (Å²) in [5, 5.41) is 1.08. The van der Waals surface area contributed by atoms with E-state index in [1.807, 2.05) is 6.92 Å². The minimum Gasteiger partial charge on any atom is -0.301 e. The molecular weight excluding hydrogens is 378 g/mol. The molecule has 0 aliphatic rings. The Morgan fingerprint density at radius 3 is 2.88 bits per heavy atom. The number of thiophene rings is 1. The molecule has 0 fully saturated rings. The number of halogens is 2. The van der Waals surface area contributed by atoms with E-state index in [4.69, 9.17) is 0 Å². The number of aromatic amines is 1. The van der Waals surface area contributed by atoms with Crippen molar-refractivity contribution in [3.63, 3.8) is 0 Å². The summed E-state index contributed by atoms with van der Waals surface area (Å²) in [7, 11) is 0. The lowest BCUT2D eigenvalue weighted by molar-refractivity contribution is 0.0678. The van der Waals surface area contributed by atoms with Crippen molar-refractivity contribution in [1.82, 2.24) is 19.5 Å². The topological polar surface area (TPSA) is 63.6 Å². The molecule has 0 saturated carbocycles. The summed E-state index contributed by atoms with van der Waals surface area (Å²) in [5.74, 6) is 0.941. The molecule has 3 rings (SSSR count). The first kappa shape index (κ1) is 19.0. The number of nitrogens with zero attached hydrogens (tertiary/aromatic N) is 3. The average Bonchev–Trinajstić information content (AvgIpc) is 3.18. The first-order chi connectivity index (χ1) is 12.4. The lowest BCUT2D eigenvalue weighted by Crippen LogP contribution is -2.11. The molecule has 0 unspecified atom stereocenters. The number of alkyl halides is 2. The van der Waals surface area contributed by atoms with Crippen molar-refractivity contribution < 1.29 is 8.78 Å². The molecule has 1 N–H and O–H groups in total. The predicted octanol–water partition coefficient (Wildman–Crippen LogP) is 4.77. The van der Waals surface area contributed by atoms with E-state index in [1.54, 1.807) is 0 Å². The van der Waals surface area contributed by atoms with Crippen LogP contribution in [-0.4, -0.2) is 19.5 Å². The van der Waals surface area contributed by atoms with Gasteiger partial charge in [0.25, 0.3) is 5.56 Å². The molecule has 3 aromatic heterocycles. The van der Waals surface area contributed by atoms with Gasteiger partial charge in [0, 0.05) is 17.3 Å². The standard InChI is InChI=1S/C17H20F2N4OS2/c1-4-9(2)7-11-10(3)26-15-13(11)14(24)21-17(22-15)25-8-12-20-5-6-23(12)16(18)19/h5-6,9,16H,4,7-8H2,1-3H3,(H,21,22,24)/t9-/m1/s1. The highest BCUT2D eigenvalue weighted by atomic mass is 32.2. The Hall–Kier alpha value is -1.74. The Kier molecular flexibility index (Phi) is 5.76. The third-order valence-electron chi connectivity index (χ3n) is 4.39. The van der Waals surface area contributed by atoms with Crippen LogP contribution in [0.5, 0.6) is 0 Å². The van der Waals surface area contributed by atoms with Gasteiger partial charge in [0.05, 0.1) is 11.1 Å². The second kappa shape index (κ2) is 7.87. The summed E-state index contributed by atoms with van der Waals surface area (Å²) in [6.07, 6.45) is 4.48. The van der Waals surface area contributed by atoms with Gasteiger partial charge < -0.3 is 4.98 Å². The van der Waals surface area contributed by atoms with Crippen LogP contribution in [0.4, 0.5) is 8.78 Å². The van der Waals surface area contributed by atoms with Gasteiger partial charge >= 0.3 is 6.55 Å². The number of aryl methyl sites for hydroxylation is 1. The predicted molar refractivity (Wildman–Crippen MR) is 101 cm³/mol. The van der Waals surface area contributed by atoms with Gasteiger partial charge in [0.1, 0.15) is 10.7 Å². The van der Waals surface area contributed by atoms with E-state index >= 15 is 0 Å². The number of fused-ring (bicyclic) bond motifs is 1. The van der Waals surface area contributed by atoms with Crippen LogP contribution in [0.25, 0.3) is 10.2 Å². The molecule has 3 heterocycles. The van der Waals surface area contributed by atoms with Gasteiger partial charge in [-0.3, -0.25) is 9.36 Å². The zero-order valence-corrected chi connectivity index (χ0v) is 16.4. The summed E-state index contributed by atoms with van der Waals surface area (Å²) in [6, 6.07) is 0. The average molecular weight is 399 g/mol. The molecule has 0 spiro atoms. The van der Waals surface area contributed by atoms with Gasteiger partial charge in [-0.1, -0.05) is 32.0 Å². The fourth-order valence-corrected chi connectivity index (χ4v) is 4.65. The van der Waals surface area contributed by atoms with Crippen LogP contribution < -0.4 is 5.56 Å². The highest BCUT2D eigenvalue weighted by Crippen LogP contribution is 2.31. The number of rotatable bonds is 7. The van der Waals surface area contributed by atoms with Gasteiger partial charge in [0.2, 0.25) is 0 Å². The van der Waals surface area contributed by atoms with Crippen molar-refractivity contribution in [2.45, 2.75) is 51.1 Å². The first-order valence-corrected chi connectivity index (χ1v) is 10.2. The van der Waals surface area contributed by atoms with E-state index in [2.05, 4.69) is 28.8 Å². The molecule has 0 radical (unpaired) electrons. The van der Waals surface area contributed by atoms with Gasteiger partial charge in [-0.05, 0) is 24.8 Å². The van der Waals surface area contributed by atoms with Crippen LogP contribution in [0.1, 0.15) is 43.1 Å². The molecular formula is C17H20F2N4OS2. The molecule has 9 heteroatoms. The van der Waals surface area contributed by atoms with Gasteiger partial charge in [-0.25, -0.2) is 9.97 Å². The van der Waals surface area contributed by atoms with Crippen LogP contribution in [0.2, 0.25) is 0 Å². The fourth-order valence-electron chi connectivity index (χ4n) is 2.73. The molecule has 5 nitrogen and oxygen atoms in total. The monoisotopic (exact) mass is 398 g/mol. The second-order valence-corrected chi connectivity index (χ2v) is 8.39. The van der Waals surface area contributed by atoms with E-state index in [9.17, 15) is 13.6 Å². The highest BCUT2D eigenvalue weighted by molar-refractivity contribution is 7.98. The number of hydrogen-bond donors (Lipinski definition) is 1. The lowest BCUT2D eigenvalue weighted by atomic mass is 9.98. The molecule has 0 aromatic carbocycles. The molecule has 0 bridgehead atoms. The van der Waals surface area contributed by atoms with Crippen molar-refractivity contribution in [3.05, 3.63) is 39.0 Å². The quantitative estimate of drug-likeness (QED) is 0.460. The van der Waals surface area contributed by atoms with Crippen LogP contribution in [-0.2, 0) is 12.2 Å². The number of hydrogen-bond acceptors (Lipinski definition) is 5. The van der Waals surface area contributed by atoms with Crippen LogP contribution in [0.15, 0.2) is 22.3 Å². The molecule has 3 aromatic rings. The van der Waals surface area contributed by atoms with Crippen LogP contribution in [0.3, 0.4) is 0 Å². The third-order valence-corrected chi connectivity index (χ3v) is 6.30. The Morgan fingerprint density at radius 2 is 2.19 bits per heavy atom. The number of thioether (sulfide) groups is 1. The molecule has 0 aliphatic heterocycles. The molecule has 0 amide bonds. The van der Waals surface area contributed by atoms with Gasteiger partial charge in [-0.15, -0.1) is 11.3 Å². The first-order valence-electron chi connectivity index (χ1n) is 8.35. The smallest absolute Gasteiger partial charge is 0.301 e. The summed E-state index contributed by atoms with van der Waals surface area (Å²) in [5.41, 5.74) is 0.898. The van der Waals surface area contributed by atoms with Crippen molar-refractivity contribution in [2.75, 3.05) is 0 Å². The lowest BCUT2D eigenvalue weighted by Gasteiger charge is -2.08. The van der Waals surface area contributed by atoms with E-state index in [1.165, 1.54) is 35.5 Å². The van der Waals surface area contributed by atoms with Gasteiger partial charge in [0.15, 0.2) is 5.16 Å². The van der Waals surface area contributed by atoms with Crippen molar-refractivity contribution in [3.8, 4) is 0 Å². The van der Waals surface area contributed by atoms with Crippen molar-refractivity contribution in [2.24, 2.45) is 5.92 Å². The van der Waals surface area contributed by atoms with E-state index in [0.29, 0.717) is 21.3 Å². The maximum atomic E-state index is 12.9. The molecule has 26 heavy (non-hydrogen) atoms. The Morgan fingerprint density at radius 1 is 1.42 bits per heavy atom. The highest BCUT2D eigenvalue weighted by Gasteiger charge is 2.18. The van der Waals surface area contributed by atoms with E-state index in [-0.39, 0.29) is 17.1 Å². The van der Waals surface area contributed by atoms with Crippen LogP contribution >= 0.6 is 23.1 Å². The molecule has 0 saturated heterocycles. The fraction of sp³-hybridized carbons (Fsp3) is 0.471. The van der Waals surface area contributed by atoms with E-state index < -0.39 is 6.55 Å². The molecule has 140 valence electrons. The molecule has 0 aliphatic carbocycles. The number of aromatic nitrogens is 4. The zero-order valence-electron chi connectivity index (χ0n) is 14.8. The maximum absolute atomic E-state index is 12.9. The largest absolute Gasteiger partial charge is 0.319 e. The normalized spacial score (nSPS) is 13.0. The minimum atomic E-state index is -2.63. The number of H-pyrrole nitrogens is 1. The number of nitrogens with one attached hydrogen (secondary N) is 1. The molecule has 1 atom stereocenters. The second-order valence-electron chi connectivity index (χ2n) is 6.22.